The first-order valence-electron chi connectivity index (χ1n) is 5.79. The lowest BCUT2D eigenvalue weighted by Crippen LogP contribution is -2.40. The molecule has 0 bridgehead atoms. The summed E-state index contributed by atoms with van der Waals surface area (Å²) in [5.41, 5.74) is 0.568. The van der Waals surface area contributed by atoms with Crippen LogP contribution in [0.15, 0.2) is 22.7 Å². The van der Waals surface area contributed by atoms with Crippen molar-refractivity contribution in [1.29, 1.82) is 0 Å². The van der Waals surface area contributed by atoms with E-state index in [2.05, 4.69) is 15.9 Å². The molecule has 1 saturated heterocycles. The molecule has 2 rings (SSSR count). The van der Waals surface area contributed by atoms with Crippen LogP contribution in [-0.2, 0) is 4.79 Å². The van der Waals surface area contributed by atoms with Gasteiger partial charge in [-0.05, 0) is 31.4 Å². The number of carbonyl (C=O) groups is 1. The van der Waals surface area contributed by atoms with Crippen LogP contribution in [0.4, 0.5) is 11.4 Å². The summed E-state index contributed by atoms with van der Waals surface area (Å²) in [6.45, 7) is 0.686. The Balaban J connectivity index is 2.42. The fraction of sp³-hybridized carbons (Fsp3) is 0.417. The van der Waals surface area contributed by atoms with Gasteiger partial charge in [-0.25, -0.2) is 0 Å². The van der Waals surface area contributed by atoms with Gasteiger partial charge in [-0.1, -0.05) is 15.9 Å². The van der Waals surface area contributed by atoms with Gasteiger partial charge >= 0.3 is 0 Å². The zero-order valence-corrected chi connectivity index (χ0v) is 11.3. The molecule has 0 N–H and O–H groups in total. The Kier molecular flexibility index (Phi) is 3.96. The summed E-state index contributed by atoms with van der Waals surface area (Å²) in [5.74, 6) is 0. The van der Waals surface area contributed by atoms with E-state index < -0.39 is 4.92 Å². The predicted octanol–water partition coefficient (Wildman–Crippen LogP) is 2.92. The first kappa shape index (κ1) is 13.0. The Hall–Kier alpha value is -1.43. The van der Waals surface area contributed by atoms with E-state index in [1.807, 2.05) is 4.90 Å². The smallest absolute Gasteiger partial charge is 0.293 e. The zero-order chi connectivity index (χ0) is 13.1. The molecule has 6 heteroatoms. The van der Waals surface area contributed by atoms with Crippen molar-refractivity contribution in [1.82, 2.24) is 0 Å². The van der Waals surface area contributed by atoms with Crippen LogP contribution in [0.2, 0.25) is 0 Å². The van der Waals surface area contributed by atoms with Crippen LogP contribution in [-0.4, -0.2) is 23.8 Å². The fourth-order valence-electron chi connectivity index (χ4n) is 2.28. The summed E-state index contributed by atoms with van der Waals surface area (Å²) in [4.78, 5) is 23.6. The average molecular weight is 313 g/mol. The number of anilines is 1. The maximum absolute atomic E-state index is 11.1. The number of nitro groups is 1. The molecule has 0 aromatic heterocycles. The lowest BCUT2D eigenvalue weighted by Gasteiger charge is -2.33. The molecule has 1 aliphatic heterocycles. The van der Waals surface area contributed by atoms with Crippen molar-refractivity contribution in [2.45, 2.75) is 25.3 Å². The van der Waals surface area contributed by atoms with E-state index >= 15 is 0 Å². The predicted molar refractivity (Wildman–Crippen MR) is 71.8 cm³/mol. The van der Waals surface area contributed by atoms with Crippen molar-refractivity contribution in [2.75, 3.05) is 11.4 Å². The molecule has 0 spiro atoms. The number of hydrogen-bond donors (Lipinski definition) is 0. The number of aldehydes is 1. The number of carbonyl (C=O) groups excluding carboxylic acids is 1. The van der Waals surface area contributed by atoms with Gasteiger partial charge in [0.2, 0.25) is 0 Å². The lowest BCUT2D eigenvalue weighted by molar-refractivity contribution is -0.384. The topological polar surface area (TPSA) is 63.5 Å². The molecule has 0 amide bonds. The number of benzene rings is 1. The third kappa shape index (κ3) is 2.53. The molecule has 0 aliphatic carbocycles. The van der Waals surface area contributed by atoms with E-state index in [1.165, 1.54) is 6.07 Å². The third-order valence-corrected chi connectivity index (χ3v) is 3.64. The molecule has 1 aromatic rings. The van der Waals surface area contributed by atoms with Crippen LogP contribution in [0.25, 0.3) is 0 Å². The van der Waals surface area contributed by atoms with Crippen LogP contribution < -0.4 is 4.90 Å². The van der Waals surface area contributed by atoms with Gasteiger partial charge in [0.15, 0.2) is 0 Å². The highest BCUT2D eigenvalue weighted by Gasteiger charge is 2.27. The van der Waals surface area contributed by atoms with Crippen LogP contribution in [0.5, 0.6) is 0 Å². The molecule has 1 heterocycles. The zero-order valence-electron chi connectivity index (χ0n) is 9.71. The van der Waals surface area contributed by atoms with Gasteiger partial charge < -0.3 is 9.69 Å². The Morgan fingerprint density at radius 1 is 1.44 bits per heavy atom. The normalized spacial score (nSPS) is 19.6. The minimum atomic E-state index is -0.406. The van der Waals surface area contributed by atoms with Crippen molar-refractivity contribution >= 4 is 33.6 Å². The largest absolute Gasteiger partial charge is 0.356 e. The van der Waals surface area contributed by atoms with Gasteiger partial charge in [-0.3, -0.25) is 10.1 Å². The van der Waals surface area contributed by atoms with E-state index in [9.17, 15) is 14.9 Å². The van der Waals surface area contributed by atoms with Crippen molar-refractivity contribution in [3.05, 3.63) is 32.8 Å². The number of nitro benzene ring substituents is 1. The summed E-state index contributed by atoms with van der Waals surface area (Å²) in [6.07, 6.45) is 3.59. The molecular weight excluding hydrogens is 300 g/mol. The Bertz CT molecular complexity index is 478. The van der Waals surface area contributed by atoms with Crippen molar-refractivity contribution in [2.24, 2.45) is 0 Å². The summed E-state index contributed by atoms with van der Waals surface area (Å²) in [5, 5.41) is 11.1. The summed E-state index contributed by atoms with van der Waals surface area (Å²) < 4.78 is 0.664. The second-order valence-electron chi connectivity index (χ2n) is 4.28. The standard InChI is InChI=1S/C12H13BrN2O3/c13-9-4-5-11(12(7-9)15(17)18)14-6-2-1-3-10(14)8-16/h4-5,7-8,10H,1-3,6H2. The molecule has 1 unspecified atom stereocenters. The summed E-state index contributed by atoms with van der Waals surface area (Å²) in [6, 6.07) is 4.69. The Morgan fingerprint density at radius 2 is 2.22 bits per heavy atom. The third-order valence-electron chi connectivity index (χ3n) is 3.15. The van der Waals surface area contributed by atoms with Gasteiger partial charge in [0.25, 0.3) is 5.69 Å². The second-order valence-corrected chi connectivity index (χ2v) is 5.20. The van der Waals surface area contributed by atoms with Gasteiger partial charge in [0, 0.05) is 17.1 Å². The number of halogens is 1. The van der Waals surface area contributed by atoms with Crippen LogP contribution in [0.1, 0.15) is 19.3 Å². The molecule has 1 aliphatic rings. The van der Waals surface area contributed by atoms with E-state index in [4.69, 9.17) is 0 Å². The summed E-state index contributed by atoms with van der Waals surface area (Å²) in [7, 11) is 0. The fourth-order valence-corrected chi connectivity index (χ4v) is 2.63. The molecule has 96 valence electrons. The average Bonchev–Trinajstić information content (AvgIpc) is 2.38. The number of nitrogens with zero attached hydrogens (tertiary/aromatic N) is 2. The number of rotatable bonds is 3. The van der Waals surface area contributed by atoms with E-state index in [-0.39, 0.29) is 11.7 Å². The Morgan fingerprint density at radius 3 is 2.89 bits per heavy atom. The maximum atomic E-state index is 11.1. The van der Waals surface area contributed by atoms with Crippen molar-refractivity contribution < 1.29 is 9.72 Å². The van der Waals surface area contributed by atoms with E-state index in [0.29, 0.717) is 16.7 Å². The van der Waals surface area contributed by atoms with Gasteiger partial charge in [0.05, 0.1) is 11.0 Å². The van der Waals surface area contributed by atoms with Gasteiger partial charge in [0.1, 0.15) is 12.0 Å². The molecule has 1 atom stereocenters. The molecule has 1 fully saturated rings. The van der Waals surface area contributed by atoms with Crippen molar-refractivity contribution in [3.8, 4) is 0 Å². The minimum absolute atomic E-state index is 0.0399. The molecule has 18 heavy (non-hydrogen) atoms. The first-order valence-corrected chi connectivity index (χ1v) is 6.58. The monoisotopic (exact) mass is 312 g/mol. The molecular formula is C12H13BrN2O3. The maximum Gasteiger partial charge on any atom is 0.293 e. The molecule has 0 radical (unpaired) electrons. The van der Waals surface area contributed by atoms with Crippen molar-refractivity contribution in [3.63, 3.8) is 0 Å². The van der Waals surface area contributed by atoms with Gasteiger partial charge in [-0.2, -0.15) is 0 Å². The van der Waals surface area contributed by atoms with E-state index in [1.54, 1.807) is 12.1 Å². The van der Waals surface area contributed by atoms with Crippen LogP contribution in [0.3, 0.4) is 0 Å². The van der Waals surface area contributed by atoms with Crippen LogP contribution in [0, 0.1) is 10.1 Å². The molecule has 5 nitrogen and oxygen atoms in total. The SMILES string of the molecule is O=CC1CCCCN1c1ccc(Br)cc1[N+](=O)[O-]. The quantitative estimate of drug-likeness (QED) is 0.489. The van der Waals surface area contributed by atoms with Gasteiger partial charge in [-0.15, -0.1) is 0 Å². The first-order chi connectivity index (χ1) is 8.63. The summed E-state index contributed by atoms with van der Waals surface area (Å²) >= 11 is 3.23. The lowest BCUT2D eigenvalue weighted by atomic mass is 10.0. The Labute approximate surface area is 113 Å². The highest BCUT2D eigenvalue weighted by molar-refractivity contribution is 9.10. The minimum Gasteiger partial charge on any atom is -0.356 e. The molecule has 0 saturated carbocycles. The van der Waals surface area contributed by atoms with Crippen LogP contribution >= 0.6 is 15.9 Å². The second kappa shape index (κ2) is 5.48. The number of piperidine rings is 1. The highest BCUT2D eigenvalue weighted by atomic mass is 79.9. The molecule has 1 aromatic carbocycles. The number of hydrogen-bond acceptors (Lipinski definition) is 4. The van der Waals surface area contributed by atoms with E-state index in [0.717, 1.165) is 25.5 Å². The highest BCUT2D eigenvalue weighted by Crippen LogP contribution is 2.34.